The lowest BCUT2D eigenvalue weighted by molar-refractivity contribution is 0.361. The molecular formula is C10H16NO3P. The Bertz CT molecular complexity index is 342. The molecule has 1 aromatic rings. The van der Waals surface area contributed by atoms with E-state index in [9.17, 15) is 9.46 Å². The fourth-order valence-corrected chi connectivity index (χ4v) is 2.30. The van der Waals surface area contributed by atoms with Gasteiger partial charge in [0.15, 0.2) is 0 Å². The number of rotatable bonds is 5. The highest BCUT2D eigenvalue weighted by Gasteiger charge is 2.29. The van der Waals surface area contributed by atoms with Crippen molar-refractivity contribution < 1.29 is 14.0 Å². The van der Waals surface area contributed by atoms with Crippen molar-refractivity contribution in [2.24, 2.45) is 5.73 Å². The highest BCUT2D eigenvalue weighted by Crippen LogP contribution is 2.46. The van der Waals surface area contributed by atoms with Gasteiger partial charge in [0, 0.05) is 0 Å². The van der Waals surface area contributed by atoms with Crippen molar-refractivity contribution in [2.45, 2.75) is 25.5 Å². The molecule has 0 fully saturated rings. The second kappa shape index (κ2) is 5.31. The lowest BCUT2D eigenvalue weighted by Crippen LogP contribution is -2.22. The summed E-state index contributed by atoms with van der Waals surface area (Å²) >= 11 is 0. The quantitative estimate of drug-likeness (QED) is 0.760. The summed E-state index contributed by atoms with van der Waals surface area (Å²) < 4.78 is 16.7. The Kier molecular flexibility index (Phi) is 4.33. The van der Waals surface area contributed by atoms with Crippen LogP contribution < -0.4 is 10.3 Å². The van der Waals surface area contributed by atoms with E-state index >= 15 is 0 Å². The molecule has 3 N–H and O–H groups in total. The predicted molar refractivity (Wildman–Crippen MR) is 59.8 cm³/mol. The molecule has 0 aromatic heterocycles. The van der Waals surface area contributed by atoms with Crippen LogP contribution in [-0.2, 0) is 4.57 Å². The van der Waals surface area contributed by atoms with Gasteiger partial charge in [-0.1, -0.05) is 31.5 Å². The zero-order valence-electron chi connectivity index (χ0n) is 8.67. The molecule has 2 atom stereocenters. The first-order chi connectivity index (χ1) is 7.06. The monoisotopic (exact) mass is 229 g/mol. The van der Waals surface area contributed by atoms with E-state index in [2.05, 4.69) is 0 Å². The van der Waals surface area contributed by atoms with Crippen molar-refractivity contribution in [3.63, 3.8) is 0 Å². The van der Waals surface area contributed by atoms with Crippen molar-refractivity contribution in [1.82, 2.24) is 0 Å². The van der Waals surface area contributed by atoms with Gasteiger partial charge in [-0.25, -0.2) is 4.57 Å². The minimum atomic E-state index is -3.74. The average Bonchev–Trinajstić information content (AvgIpc) is 2.19. The van der Waals surface area contributed by atoms with E-state index in [1.54, 1.807) is 30.3 Å². The van der Waals surface area contributed by atoms with Crippen molar-refractivity contribution in [3.05, 3.63) is 30.3 Å². The molecule has 0 amide bonds. The topological polar surface area (TPSA) is 72.6 Å². The molecule has 0 aliphatic rings. The number of hydrogen-bond acceptors (Lipinski definition) is 3. The molecule has 0 saturated heterocycles. The second-order valence-corrected chi connectivity index (χ2v) is 5.30. The Labute approximate surface area is 89.6 Å². The van der Waals surface area contributed by atoms with Gasteiger partial charge < -0.3 is 15.2 Å². The number of hydrogen-bond donors (Lipinski definition) is 2. The Balaban J connectivity index is 2.68. The molecule has 1 rings (SSSR count). The van der Waals surface area contributed by atoms with Gasteiger partial charge in [-0.3, -0.25) is 0 Å². The zero-order chi connectivity index (χ0) is 11.3. The fourth-order valence-electron chi connectivity index (χ4n) is 1.16. The zero-order valence-corrected chi connectivity index (χ0v) is 9.56. The molecular weight excluding hydrogens is 213 g/mol. The summed E-state index contributed by atoms with van der Waals surface area (Å²) in [4.78, 5) is 9.58. The highest BCUT2D eigenvalue weighted by molar-refractivity contribution is 7.53. The third kappa shape index (κ3) is 3.67. The molecule has 1 aromatic carbocycles. The summed E-state index contributed by atoms with van der Waals surface area (Å²) in [6.45, 7) is 1.91. The maximum atomic E-state index is 11.7. The Morgan fingerprint density at radius 1 is 1.47 bits per heavy atom. The van der Waals surface area contributed by atoms with Crippen molar-refractivity contribution in [1.29, 1.82) is 0 Å². The first-order valence-corrected chi connectivity index (χ1v) is 6.53. The molecule has 15 heavy (non-hydrogen) atoms. The van der Waals surface area contributed by atoms with Crippen molar-refractivity contribution in [2.75, 3.05) is 0 Å². The van der Waals surface area contributed by atoms with Crippen LogP contribution in [0.15, 0.2) is 30.3 Å². The van der Waals surface area contributed by atoms with E-state index in [0.29, 0.717) is 12.2 Å². The van der Waals surface area contributed by atoms with Crippen LogP contribution in [-0.4, -0.2) is 10.7 Å². The molecule has 4 nitrogen and oxygen atoms in total. The number of benzene rings is 1. The van der Waals surface area contributed by atoms with Crippen LogP contribution in [0.5, 0.6) is 5.75 Å². The third-order valence-corrected chi connectivity index (χ3v) is 3.55. The molecule has 0 spiro atoms. The van der Waals surface area contributed by atoms with Gasteiger partial charge in [0.2, 0.25) is 0 Å². The molecule has 0 aliphatic carbocycles. The summed E-state index contributed by atoms with van der Waals surface area (Å²) in [7, 11) is -3.74. The predicted octanol–water partition coefficient (Wildman–Crippen LogP) is 2.34. The minimum Gasteiger partial charge on any atom is -0.423 e. The van der Waals surface area contributed by atoms with Crippen molar-refractivity contribution >= 4 is 7.60 Å². The second-order valence-electron chi connectivity index (χ2n) is 3.32. The van der Waals surface area contributed by atoms with Crippen LogP contribution in [0.2, 0.25) is 0 Å². The molecule has 2 unspecified atom stereocenters. The number of nitrogens with two attached hydrogens (primary N) is 1. The van der Waals surface area contributed by atoms with Gasteiger partial charge in [-0.15, -0.1) is 0 Å². The lowest BCUT2D eigenvalue weighted by Gasteiger charge is -2.18. The van der Waals surface area contributed by atoms with Crippen LogP contribution in [0.25, 0.3) is 0 Å². The van der Waals surface area contributed by atoms with E-state index in [1.165, 1.54) is 0 Å². The standard InChI is InChI=1S/C10H16NO3P/c1-2-6-10(11)15(12,13)14-9-7-4-3-5-8-9/h3-5,7-8,10H,2,6,11H2,1H3,(H,12,13). The van der Waals surface area contributed by atoms with Crippen LogP contribution in [0.3, 0.4) is 0 Å². The molecule has 0 heterocycles. The number of para-hydroxylation sites is 1. The lowest BCUT2D eigenvalue weighted by atomic mass is 10.3. The largest absolute Gasteiger partial charge is 0.423 e. The van der Waals surface area contributed by atoms with E-state index in [0.717, 1.165) is 6.42 Å². The highest BCUT2D eigenvalue weighted by atomic mass is 31.2. The van der Waals surface area contributed by atoms with Gasteiger partial charge in [0.1, 0.15) is 11.5 Å². The smallest absolute Gasteiger partial charge is 0.393 e. The molecule has 0 aliphatic heterocycles. The molecule has 5 heteroatoms. The first kappa shape index (κ1) is 12.2. The molecule has 0 radical (unpaired) electrons. The summed E-state index contributed by atoms with van der Waals surface area (Å²) in [5.41, 5.74) is 5.57. The Morgan fingerprint density at radius 2 is 2.07 bits per heavy atom. The maximum Gasteiger partial charge on any atom is 0.393 e. The maximum absolute atomic E-state index is 11.7. The molecule has 0 bridgehead atoms. The Morgan fingerprint density at radius 3 is 2.60 bits per heavy atom. The van der Waals surface area contributed by atoms with Crippen LogP contribution >= 0.6 is 7.60 Å². The van der Waals surface area contributed by atoms with Gasteiger partial charge >= 0.3 is 7.60 Å². The summed E-state index contributed by atoms with van der Waals surface area (Å²) in [5, 5.41) is 0. The van der Waals surface area contributed by atoms with E-state index in [4.69, 9.17) is 10.3 Å². The van der Waals surface area contributed by atoms with Gasteiger partial charge in [-0.05, 0) is 18.6 Å². The molecule has 84 valence electrons. The SMILES string of the molecule is CCCC(N)P(=O)(O)Oc1ccccc1. The summed E-state index contributed by atoms with van der Waals surface area (Å²) in [5.74, 6) is -0.447. The first-order valence-electron chi connectivity index (χ1n) is 4.89. The van der Waals surface area contributed by atoms with E-state index < -0.39 is 13.4 Å². The van der Waals surface area contributed by atoms with Crippen LogP contribution in [0.4, 0.5) is 0 Å². The van der Waals surface area contributed by atoms with Gasteiger partial charge in [0.05, 0.1) is 0 Å². The average molecular weight is 229 g/mol. The van der Waals surface area contributed by atoms with Gasteiger partial charge in [0.25, 0.3) is 0 Å². The fraction of sp³-hybridized carbons (Fsp3) is 0.400. The van der Waals surface area contributed by atoms with Crippen LogP contribution in [0.1, 0.15) is 19.8 Å². The minimum absolute atomic E-state index is 0.370. The summed E-state index contributed by atoms with van der Waals surface area (Å²) in [6, 6.07) is 8.53. The normalized spacial score (nSPS) is 16.7. The third-order valence-electron chi connectivity index (χ3n) is 1.98. The summed E-state index contributed by atoms with van der Waals surface area (Å²) in [6.07, 6.45) is 1.23. The molecule has 0 saturated carbocycles. The van der Waals surface area contributed by atoms with E-state index in [-0.39, 0.29) is 0 Å². The van der Waals surface area contributed by atoms with Gasteiger partial charge in [-0.2, -0.15) is 0 Å². The van der Waals surface area contributed by atoms with Crippen molar-refractivity contribution in [3.8, 4) is 5.75 Å². The van der Waals surface area contributed by atoms with E-state index in [1.807, 2.05) is 6.92 Å². The van der Waals surface area contributed by atoms with Crippen LogP contribution in [0, 0.1) is 0 Å². The Hall–Kier alpha value is -0.830.